The third-order valence-corrected chi connectivity index (χ3v) is 5.98. The highest BCUT2D eigenvalue weighted by Crippen LogP contribution is 2.53. The van der Waals surface area contributed by atoms with Gasteiger partial charge in [-0.05, 0) is 29.8 Å². The van der Waals surface area contributed by atoms with Crippen LogP contribution in [0.1, 0.15) is 5.56 Å². The quantitative estimate of drug-likeness (QED) is 0.579. The van der Waals surface area contributed by atoms with E-state index in [-0.39, 0.29) is 18.5 Å². The van der Waals surface area contributed by atoms with Crippen molar-refractivity contribution >= 4 is 17.6 Å². The molecular weight excluding hydrogens is 370 g/mol. The summed E-state index contributed by atoms with van der Waals surface area (Å²) in [6, 6.07) is 16.8. The lowest BCUT2D eigenvalue weighted by Gasteiger charge is -2.22. The van der Waals surface area contributed by atoms with Gasteiger partial charge in [0, 0.05) is 5.69 Å². The van der Waals surface area contributed by atoms with Crippen molar-refractivity contribution in [3.05, 3.63) is 72.3 Å². The smallest absolute Gasteiger partial charge is 0.313 e. The van der Waals surface area contributed by atoms with Crippen molar-refractivity contribution in [3.8, 4) is 5.75 Å². The SMILES string of the molecule is COc1ccc(N2C[C@]34C=C[C@@H](O3)[C@H](C(=O)OCc3ccccc3)[C@@H]4C2=O)cc1. The zero-order chi connectivity index (χ0) is 20.0. The first-order valence-corrected chi connectivity index (χ1v) is 9.64. The summed E-state index contributed by atoms with van der Waals surface area (Å²) in [7, 11) is 1.60. The van der Waals surface area contributed by atoms with Crippen molar-refractivity contribution in [3.63, 3.8) is 0 Å². The van der Waals surface area contributed by atoms with E-state index in [9.17, 15) is 9.59 Å². The van der Waals surface area contributed by atoms with Crippen molar-refractivity contribution in [2.24, 2.45) is 11.8 Å². The molecule has 3 aliphatic heterocycles. The summed E-state index contributed by atoms with van der Waals surface area (Å²) in [5.41, 5.74) is 0.905. The summed E-state index contributed by atoms with van der Waals surface area (Å²) < 4.78 is 16.9. The molecule has 2 bridgehead atoms. The molecule has 2 saturated heterocycles. The third-order valence-electron chi connectivity index (χ3n) is 5.98. The molecule has 0 radical (unpaired) electrons. The minimum absolute atomic E-state index is 0.108. The average molecular weight is 391 g/mol. The Labute approximate surface area is 168 Å². The number of ether oxygens (including phenoxy) is 3. The number of esters is 1. The topological polar surface area (TPSA) is 65.1 Å². The largest absolute Gasteiger partial charge is 0.497 e. The van der Waals surface area contributed by atoms with Crippen LogP contribution in [0, 0.1) is 11.8 Å². The molecule has 1 amide bonds. The second-order valence-electron chi connectivity index (χ2n) is 7.62. The minimum Gasteiger partial charge on any atom is -0.497 e. The summed E-state index contributed by atoms with van der Waals surface area (Å²) in [6.07, 6.45) is 3.41. The number of hydrogen-bond donors (Lipinski definition) is 0. The predicted octanol–water partition coefficient (Wildman–Crippen LogP) is 2.73. The maximum atomic E-state index is 13.3. The van der Waals surface area contributed by atoms with Gasteiger partial charge in [-0.3, -0.25) is 9.59 Å². The lowest BCUT2D eigenvalue weighted by Crippen LogP contribution is -2.40. The number of methoxy groups -OCH3 is 1. The van der Waals surface area contributed by atoms with E-state index < -0.39 is 23.5 Å². The minimum atomic E-state index is -0.766. The zero-order valence-corrected chi connectivity index (χ0v) is 16.0. The standard InChI is InChI=1S/C23H21NO5/c1-27-17-9-7-16(8-10-17)24-14-23-12-11-18(29-23)19(20(23)21(24)25)22(26)28-13-15-5-3-2-4-6-15/h2-12,18-20H,13-14H2,1H3/t18-,19+,20-,23+/m1/s1. The van der Waals surface area contributed by atoms with Crippen LogP contribution in [0.5, 0.6) is 5.75 Å². The number of carbonyl (C=O) groups excluding carboxylic acids is 2. The van der Waals surface area contributed by atoms with Crippen LogP contribution in [-0.2, 0) is 25.7 Å². The highest BCUT2D eigenvalue weighted by Gasteiger charge is 2.67. The van der Waals surface area contributed by atoms with Gasteiger partial charge in [-0.25, -0.2) is 0 Å². The van der Waals surface area contributed by atoms with Gasteiger partial charge in [-0.1, -0.05) is 42.5 Å². The predicted molar refractivity (Wildman–Crippen MR) is 105 cm³/mol. The van der Waals surface area contributed by atoms with Crippen LogP contribution >= 0.6 is 0 Å². The molecule has 6 nitrogen and oxygen atoms in total. The normalized spacial score (nSPS) is 29.2. The molecule has 2 aromatic rings. The number of fused-ring (bicyclic) bond motifs is 1. The number of carbonyl (C=O) groups is 2. The van der Waals surface area contributed by atoms with Crippen molar-refractivity contribution in [1.82, 2.24) is 0 Å². The molecule has 5 rings (SSSR count). The van der Waals surface area contributed by atoms with Gasteiger partial charge < -0.3 is 19.1 Å². The highest BCUT2D eigenvalue weighted by molar-refractivity contribution is 6.02. The molecule has 2 fully saturated rings. The maximum absolute atomic E-state index is 13.3. The molecule has 0 aromatic heterocycles. The van der Waals surface area contributed by atoms with E-state index >= 15 is 0 Å². The van der Waals surface area contributed by atoms with E-state index in [0.717, 1.165) is 17.0 Å². The molecule has 1 spiro atoms. The van der Waals surface area contributed by atoms with E-state index in [0.29, 0.717) is 6.54 Å². The Hall–Kier alpha value is -3.12. The van der Waals surface area contributed by atoms with E-state index in [2.05, 4.69) is 0 Å². The van der Waals surface area contributed by atoms with Crippen LogP contribution in [0.15, 0.2) is 66.7 Å². The van der Waals surface area contributed by atoms with Gasteiger partial charge in [-0.2, -0.15) is 0 Å². The lowest BCUT2D eigenvalue weighted by atomic mass is 9.77. The molecule has 29 heavy (non-hydrogen) atoms. The van der Waals surface area contributed by atoms with Crippen LogP contribution in [0.3, 0.4) is 0 Å². The van der Waals surface area contributed by atoms with Crippen molar-refractivity contribution in [2.75, 3.05) is 18.6 Å². The van der Waals surface area contributed by atoms with Crippen LogP contribution in [0.4, 0.5) is 5.69 Å². The zero-order valence-electron chi connectivity index (χ0n) is 16.0. The first-order chi connectivity index (χ1) is 14.1. The highest BCUT2D eigenvalue weighted by atomic mass is 16.6. The molecule has 0 N–H and O–H groups in total. The molecule has 4 atom stereocenters. The Morgan fingerprint density at radius 2 is 1.93 bits per heavy atom. The molecule has 3 aliphatic rings. The average Bonchev–Trinajstić information content (AvgIpc) is 3.41. The first-order valence-electron chi connectivity index (χ1n) is 9.64. The number of amides is 1. The van der Waals surface area contributed by atoms with Gasteiger partial charge >= 0.3 is 5.97 Å². The fraction of sp³-hybridized carbons (Fsp3) is 0.304. The summed E-state index contributed by atoms with van der Waals surface area (Å²) in [5, 5.41) is 0. The van der Waals surface area contributed by atoms with Gasteiger partial charge in [0.1, 0.15) is 23.9 Å². The molecule has 3 heterocycles. The summed E-state index contributed by atoms with van der Waals surface area (Å²) in [4.78, 5) is 27.9. The molecule has 0 saturated carbocycles. The first kappa shape index (κ1) is 17.9. The van der Waals surface area contributed by atoms with Crippen molar-refractivity contribution in [2.45, 2.75) is 18.3 Å². The Bertz CT molecular complexity index is 971. The van der Waals surface area contributed by atoms with E-state index in [1.165, 1.54) is 0 Å². The molecular formula is C23H21NO5. The Morgan fingerprint density at radius 3 is 2.66 bits per heavy atom. The number of benzene rings is 2. The summed E-state index contributed by atoms with van der Waals surface area (Å²) >= 11 is 0. The molecule has 148 valence electrons. The fourth-order valence-corrected chi connectivity index (χ4v) is 4.57. The third kappa shape index (κ3) is 2.83. The van der Waals surface area contributed by atoms with E-state index in [1.807, 2.05) is 66.7 Å². The van der Waals surface area contributed by atoms with E-state index in [1.54, 1.807) is 12.0 Å². The Morgan fingerprint density at radius 1 is 1.17 bits per heavy atom. The van der Waals surface area contributed by atoms with Crippen LogP contribution < -0.4 is 9.64 Å². The fourth-order valence-electron chi connectivity index (χ4n) is 4.57. The van der Waals surface area contributed by atoms with E-state index in [4.69, 9.17) is 14.2 Å². The van der Waals surface area contributed by atoms with Gasteiger partial charge in [0.25, 0.3) is 0 Å². The second kappa shape index (κ2) is 6.74. The summed E-state index contributed by atoms with van der Waals surface area (Å²) in [5.74, 6) is -0.968. The summed E-state index contributed by atoms with van der Waals surface area (Å²) in [6.45, 7) is 0.570. The lowest BCUT2D eigenvalue weighted by molar-refractivity contribution is -0.153. The van der Waals surface area contributed by atoms with Crippen LogP contribution in [0.25, 0.3) is 0 Å². The number of hydrogen-bond acceptors (Lipinski definition) is 5. The number of nitrogens with zero attached hydrogens (tertiary/aromatic N) is 1. The number of anilines is 1. The molecule has 0 unspecified atom stereocenters. The van der Waals surface area contributed by atoms with Gasteiger partial charge in [0.2, 0.25) is 5.91 Å². The van der Waals surface area contributed by atoms with Gasteiger partial charge in [0.15, 0.2) is 0 Å². The van der Waals surface area contributed by atoms with Crippen LogP contribution in [-0.4, -0.2) is 37.2 Å². The number of rotatable bonds is 5. The van der Waals surface area contributed by atoms with Crippen molar-refractivity contribution in [1.29, 1.82) is 0 Å². The second-order valence-corrected chi connectivity index (χ2v) is 7.62. The molecule has 6 heteroatoms. The molecule has 2 aromatic carbocycles. The van der Waals surface area contributed by atoms with Crippen molar-refractivity contribution < 1.29 is 23.8 Å². The monoisotopic (exact) mass is 391 g/mol. The van der Waals surface area contributed by atoms with Gasteiger partial charge in [0.05, 0.1) is 25.7 Å². The Balaban J connectivity index is 1.37. The van der Waals surface area contributed by atoms with Crippen LogP contribution in [0.2, 0.25) is 0 Å². The van der Waals surface area contributed by atoms with Gasteiger partial charge in [-0.15, -0.1) is 0 Å². The Kier molecular flexibility index (Phi) is 4.17. The maximum Gasteiger partial charge on any atom is 0.313 e. The molecule has 0 aliphatic carbocycles.